The second kappa shape index (κ2) is 3.54. The van der Waals surface area contributed by atoms with Gasteiger partial charge < -0.3 is 5.32 Å². The van der Waals surface area contributed by atoms with Crippen molar-refractivity contribution in [3.63, 3.8) is 0 Å². The standard InChI is InChI=1S/C12H16N2/c1-12(2)11(13-8-9-14-12)10-6-4-3-5-7-10/h3-7,14H,8-9H2,1-2H3. The van der Waals surface area contributed by atoms with Crippen molar-refractivity contribution in [3.8, 4) is 0 Å². The van der Waals surface area contributed by atoms with Crippen LogP contribution in [0, 0.1) is 0 Å². The zero-order valence-electron chi connectivity index (χ0n) is 8.75. The van der Waals surface area contributed by atoms with Gasteiger partial charge in [-0.25, -0.2) is 0 Å². The fraction of sp³-hybridized carbons (Fsp3) is 0.417. The maximum atomic E-state index is 4.61. The zero-order chi connectivity index (χ0) is 10.0. The summed E-state index contributed by atoms with van der Waals surface area (Å²) < 4.78 is 0. The third-order valence-corrected chi connectivity index (χ3v) is 2.59. The van der Waals surface area contributed by atoms with Gasteiger partial charge in [0.2, 0.25) is 0 Å². The average molecular weight is 188 g/mol. The van der Waals surface area contributed by atoms with Crippen LogP contribution in [0.2, 0.25) is 0 Å². The Bertz CT molecular complexity index is 339. The number of rotatable bonds is 1. The van der Waals surface area contributed by atoms with Gasteiger partial charge in [0.1, 0.15) is 0 Å². The fourth-order valence-corrected chi connectivity index (χ4v) is 1.87. The molecule has 0 aliphatic carbocycles. The van der Waals surface area contributed by atoms with Crippen LogP contribution >= 0.6 is 0 Å². The highest BCUT2D eigenvalue weighted by Gasteiger charge is 2.27. The molecule has 2 nitrogen and oxygen atoms in total. The summed E-state index contributed by atoms with van der Waals surface area (Å²) in [4.78, 5) is 4.61. The highest BCUT2D eigenvalue weighted by molar-refractivity contribution is 6.07. The first kappa shape index (κ1) is 9.41. The predicted octanol–water partition coefficient (Wildman–Crippen LogP) is 1.86. The fourth-order valence-electron chi connectivity index (χ4n) is 1.87. The van der Waals surface area contributed by atoms with Crippen molar-refractivity contribution in [1.82, 2.24) is 5.32 Å². The normalized spacial score (nSPS) is 20.3. The van der Waals surface area contributed by atoms with Crippen molar-refractivity contribution < 1.29 is 0 Å². The molecule has 0 fully saturated rings. The Labute approximate surface area is 85.1 Å². The molecule has 0 aromatic heterocycles. The van der Waals surface area contributed by atoms with Crippen molar-refractivity contribution in [2.45, 2.75) is 19.4 Å². The van der Waals surface area contributed by atoms with Crippen LogP contribution in [0.4, 0.5) is 0 Å². The lowest BCUT2D eigenvalue weighted by Crippen LogP contribution is -2.51. The van der Waals surface area contributed by atoms with E-state index in [9.17, 15) is 0 Å². The molecule has 0 bridgehead atoms. The van der Waals surface area contributed by atoms with E-state index in [4.69, 9.17) is 0 Å². The van der Waals surface area contributed by atoms with E-state index in [0.29, 0.717) is 0 Å². The molecule has 1 aliphatic heterocycles. The molecule has 14 heavy (non-hydrogen) atoms. The van der Waals surface area contributed by atoms with E-state index in [0.717, 1.165) is 13.1 Å². The zero-order valence-corrected chi connectivity index (χ0v) is 8.75. The minimum atomic E-state index is -0.000394. The summed E-state index contributed by atoms with van der Waals surface area (Å²) >= 11 is 0. The van der Waals surface area contributed by atoms with E-state index in [2.05, 4.69) is 48.4 Å². The van der Waals surface area contributed by atoms with Crippen molar-refractivity contribution in [2.75, 3.05) is 13.1 Å². The SMILES string of the molecule is CC1(C)NCCN=C1c1ccccc1. The Balaban J connectivity index is 2.38. The first-order valence-electron chi connectivity index (χ1n) is 5.05. The molecule has 0 amide bonds. The van der Waals surface area contributed by atoms with Crippen molar-refractivity contribution in [3.05, 3.63) is 35.9 Å². The van der Waals surface area contributed by atoms with Gasteiger partial charge in [-0.2, -0.15) is 0 Å². The minimum absolute atomic E-state index is 0.000394. The van der Waals surface area contributed by atoms with Crippen molar-refractivity contribution in [2.24, 2.45) is 4.99 Å². The summed E-state index contributed by atoms with van der Waals surface area (Å²) in [6.45, 7) is 6.22. The second-order valence-corrected chi connectivity index (χ2v) is 4.15. The topological polar surface area (TPSA) is 24.4 Å². The summed E-state index contributed by atoms with van der Waals surface area (Å²) in [5.74, 6) is 0. The summed E-state index contributed by atoms with van der Waals surface area (Å²) in [6.07, 6.45) is 0. The van der Waals surface area contributed by atoms with Crippen LogP contribution in [0.5, 0.6) is 0 Å². The molecule has 0 atom stereocenters. The highest BCUT2D eigenvalue weighted by Crippen LogP contribution is 2.16. The largest absolute Gasteiger partial charge is 0.305 e. The van der Waals surface area contributed by atoms with Gasteiger partial charge in [0.15, 0.2) is 0 Å². The maximum absolute atomic E-state index is 4.61. The molecule has 1 heterocycles. The summed E-state index contributed by atoms with van der Waals surface area (Å²) in [5.41, 5.74) is 2.40. The van der Waals surface area contributed by atoms with E-state index in [1.807, 2.05) is 6.07 Å². The smallest absolute Gasteiger partial charge is 0.0616 e. The second-order valence-electron chi connectivity index (χ2n) is 4.15. The Morgan fingerprint density at radius 3 is 2.57 bits per heavy atom. The molecule has 0 unspecified atom stereocenters. The van der Waals surface area contributed by atoms with Crippen molar-refractivity contribution >= 4 is 5.71 Å². The van der Waals surface area contributed by atoms with Crippen LogP contribution in [0.1, 0.15) is 19.4 Å². The lowest BCUT2D eigenvalue weighted by atomic mass is 9.91. The Morgan fingerprint density at radius 1 is 1.21 bits per heavy atom. The van der Waals surface area contributed by atoms with Crippen LogP contribution in [0.15, 0.2) is 35.3 Å². The van der Waals surface area contributed by atoms with Gasteiger partial charge in [0, 0.05) is 6.54 Å². The quantitative estimate of drug-likeness (QED) is 0.714. The van der Waals surface area contributed by atoms with Gasteiger partial charge in [-0.05, 0) is 19.4 Å². The van der Waals surface area contributed by atoms with E-state index in [1.165, 1.54) is 11.3 Å². The number of nitrogens with one attached hydrogen (secondary N) is 1. The Hall–Kier alpha value is -1.15. The molecule has 74 valence electrons. The number of nitrogens with zero attached hydrogens (tertiary/aromatic N) is 1. The molecule has 1 aromatic rings. The van der Waals surface area contributed by atoms with Gasteiger partial charge in [-0.1, -0.05) is 30.3 Å². The lowest BCUT2D eigenvalue weighted by Gasteiger charge is -2.32. The number of hydrogen-bond acceptors (Lipinski definition) is 2. The number of aliphatic imine (C=N–C) groups is 1. The molecule has 2 heteroatoms. The van der Waals surface area contributed by atoms with Crippen LogP contribution < -0.4 is 5.32 Å². The van der Waals surface area contributed by atoms with Crippen LogP contribution in [-0.2, 0) is 0 Å². The highest BCUT2D eigenvalue weighted by atomic mass is 15.0. The summed E-state index contributed by atoms with van der Waals surface area (Å²) in [5, 5.41) is 3.48. The number of hydrogen-bond donors (Lipinski definition) is 1. The molecule has 0 spiro atoms. The predicted molar refractivity (Wildman–Crippen MR) is 59.9 cm³/mol. The molecule has 0 saturated carbocycles. The molecule has 2 rings (SSSR count). The molecule has 0 saturated heterocycles. The van der Waals surface area contributed by atoms with Gasteiger partial charge in [-0.3, -0.25) is 4.99 Å². The molecule has 1 N–H and O–H groups in total. The van der Waals surface area contributed by atoms with Crippen LogP contribution in [0.25, 0.3) is 0 Å². The minimum Gasteiger partial charge on any atom is -0.305 e. The van der Waals surface area contributed by atoms with Gasteiger partial charge in [0.05, 0.1) is 17.8 Å². The summed E-state index contributed by atoms with van der Waals surface area (Å²) in [7, 11) is 0. The van der Waals surface area contributed by atoms with Gasteiger partial charge in [-0.15, -0.1) is 0 Å². The lowest BCUT2D eigenvalue weighted by molar-refractivity contribution is 0.491. The third kappa shape index (κ3) is 1.70. The first-order valence-corrected chi connectivity index (χ1v) is 5.05. The van der Waals surface area contributed by atoms with E-state index >= 15 is 0 Å². The average Bonchev–Trinajstić information content (AvgIpc) is 2.18. The van der Waals surface area contributed by atoms with Crippen LogP contribution in [-0.4, -0.2) is 24.3 Å². The van der Waals surface area contributed by atoms with E-state index in [-0.39, 0.29) is 5.54 Å². The Kier molecular flexibility index (Phi) is 2.38. The molecule has 0 radical (unpaired) electrons. The molecular formula is C12H16N2. The van der Waals surface area contributed by atoms with Gasteiger partial charge in [0.25, 0.3) is 0 Å². The van der Waals surface area contributed by atoms with Crippen molar-refractivity contribution in [1.29, 1.82) is 0 Å². The number of benzene rings is 1. The monoisotopic (exact) mass is 188 g/mol. The molecule has 1 aliphatic rings. The van der Waals surface area contributed by atoms with E-state index < -0.39 is 0 Å². The molecular weight excluding hydrogens is 172 g/mol. The van der Waals surface area contributed by atoms with Gasteiger partial charge >= 0.3 is 0 Å². The van der Waals surface area contributed by atoms with Crippen LogP contribution in [0.3, 0.4) is 0 Å². The molecule has 1 aromatic carbocycles. The first-order chi connectivity index (χ1) is 6.70. The third-order valence-electron chi connectivity index (χ3n) is 2.59. The Morgan fingerprint density at radius 2 is 1.93 bits per heavy atom. The summed E-state index contributed by atoms with van der Waals surface area (Å²) in [6, 6.07) is 10.4. The van der Waals surface area contributed by atoms with E-state index in [1.54, 1.807) is 0 Å². The maximum Gasteiger partial charge on any atom is 0.0616 e.